The van der Waals surface area contributed by atoms with Crippen molar-refractivity contribution in [3.63, 3.8) is 0 Å². The highest BCUT2D eigenvalue weighted by Gasteiger charge is 2.16. The molecule has 2 atom stereocenters. The van der Waals surface area contributed by atoms with Gasteiger partial charge in [0.2, 0.25) is 0 Å². The lowest BCUT2D eigenvalue weighted by atomic mass is 10.3. The maximum absolute atomic E-state index is 13.4. The highest BCUT2D eigenvalue weighted by atomic mass is 32.0. The fourth-order valence-electron chi connectivity index (χ4n) is 1.38. The Morgan fingerprint density at radius 1 is 0.500 bits per heavy atom. The molecule has 0 N–H and O–H groups in total. The molecule has 0 spiro atoms. The van der Waals surface area contributed by atoms with E-state index in [0.29, 0.717) is 0 Å². The fourth-order valence-corrected chi connectivity index (χ4v) is 4.39. The van der Waals surface area contributed by atoms with Crippen LogP contribution in [0.2, 0.25) is 0 Å². The van der Waals surface area contributed by atoms with E-state index in [-0.39, 0.29) is 10.6 Å². The Bertz CT molecular complexity index is 601. The minimum Gasteiger partial charge on any atom is -0.204 e. The first kappa shape index (κ1) is 15.3. The van der Waals surface area contributed by atoms with Gasteiger partial charge in [-0.3, -0.25) is 0 Å². The van der Waals surface area contributed by atoms with E-state index < -0.39 is 51.4 Å². The van der Waals surface area contributed by atoms with Gasteiger partial charge in [0.25, 0.3) is 0 Å². The quantitative estimate of drug-likeness (QED) is 0.458. The van der Waals surface area contributed by atoms with Gasteiger partial charge in [-0.05, 0) is 24.3 Å². The Balaban J connectivity index is 2.22. The maximum atomic E-state index is 13.4. The van der Waals surface area contributed by atoms with Crippen LogP contribution in [0.5, 0.6) is 0 Å². The van der Waals surface area contributed by atoms with Crippen molar-refractivity contribution >= 4 is 27.1 Å². The molecule has 0 fully saturated rings. The number of benzene rings is 2. The summed E-state index contributed by atoms with van der Waals surface area (Å²) in [6.45, 7) is 0. The molecular weight excluding hydrogens is 320 g/mol. The summed E-state index contributed by atoms with van der Waals surface area (Å²) >= 11 is 0. The van der Waals surface area contributed by atoms with E-state index in [1.807, 2.05) is 0 Å². The third kappa shape index (κ3) is 2.97. The first-order valence-corrected chi connectivity index (χ1v) is 8.21. The summed E-state index contributed by atoms with van der Waals surface area (Å²) in [7, 11) is -0.840. The Morgan fingerprint density at radius 2 is 0.850 bits per heavy atom. The second-order valence-corrected chi connectivity index (χ2v) is 6.77. The van der Waals surface area contributed by atoms with Crippen LogP contribution in [0, 0.1) is 34.9 Å². The van der Waals surface area contributed by atoms with Crippen LogP contribution < -0.4 is 10.6 Å². The highest BCUT2D eigenvalue weighted by Crippen LogP contribution is 2.37. The molecule has 2 rings (SSSR count). The van der Waals surface area contributed by atoms with Crippen LogP contribution in [-0.4, -0.2) is 0 Å². The van der Waals surface area contributed by atoms with Crippen LogP contribution in [0.15, 0.2) is 24.3 Å². The standard InChI is InChI=1S/C12H6F6P2/c13-5-1-3-7(11(17)9(5)15)19-20-8-4-2-6(14)10(16)12(8)18/h1-4,19-20H. The molecule has 0 saturated heterocycles. The van der Waals surface area contributed by atoms with E-state index in [1.165, 1.54) is 0 Å². The molecule has 0 amide bonds. The molecule has 0 aliphatic heterocycles. The van der Waals surface area contributed by atoms with Gasteiger partial charge in [-0.15, -0.1) is 0 Å². The van der Waals surface area contributed by atoms with Crippen LogP contribution in [0.25, 0.3) is 0 Å². The normalized spacial score (nSPS) is 12.1. The Morgan fingerprint density at radius 3 is 1.20 bits per heavy atom. The van der Waals surface area contributed by atoms with Crippen molar-refractivity contribution in [2.45, 2.75) is 0 Å². The van der Waals surface area contributed by atoms with Gasteiger partial charge in [0.1, 0.15) is 0 Å². The molecule has 0 saturated carbocycles. The third-order valence-electron chi connectivity index (χ3n) is 2.40. The molecule has 0 bridgehead atoms. The van der Waals surface area contributed by atoms with Gasteiger partial charge in [-0.2, -0.15) is 0 Å². The van der Waals surface area contributed by atoms with Gasteiger partial charge < -0.3 is 0 Å². The third-order valence-corrected chi connectivity index (χ3v) is 5.83. The van der Waals surface area contributed by atoms with Crippen molar-refractivity contribution < 1.29 is 26.3 Å². The smallest absolute Gasteiger partial charge is 0.195 e. The lowest BCUT2D eigenvalue weighted by Crippen LogP contribution is -2.08. The van der Waals surface area contributed by atoms with Gasteiger partial charge in [-0.25, -0.2) is 26.3 Å². The van der Waals surface area contributed by atoms with E-state index in [1.54, 1.807) is 0 Å². The van der Waals surface area contributed by atoms with Crippen LogP contribution in [0.3, 0.4) is 0 Å². The van der Waals surface area contributed by atoms with Crippen LogP contribution in [-0.2, 0) is 0 Å². The summed E-state index contributed by atoms with van der Waals surface area (Å²) < 4.78 is 78.2. The summed E-state index contributed by atoms with van der Waals surface area (Å²) in [4.78, 5) is 0. The maximum Gasteiger partial charge on any atom is 0.195 e. The minimum absolute atomic E-state index is 0.133. The van der Waals surface area contributed by atoms with E-state index in [0.717, 1.165) is 24.3 Å². The van der Waals surface area contributed by atoms with Crippen molar-refractivity contribution in [1.29, 1.82) is 0 Å². The second-order valence-electron chi connectivity index (χ2n) is 3.70. The van der Waals surface area contributed by atoms with Gasteiger partial charge in [-0.1, -0.05) is 16.5 Å². The summed E-state index contributed by atoms with van der Waals surface area (Å²) in [5.41, 5.74) is 0. The van der Waals surface area contributed by atoms with Crippen molar-refractivity contribution in [3.8, 4) is 0 Å². The van der Waals surface area contributed by atoms with E-state index >= 15 is 0 Å². The van der Waals surface area contributed by atoms with Gasteiger partial charge in [0.15, 0.2) is 34.9 Å². The van der Waals surface area contributed by atoms with E-state index in [9.17, 15) is 26.3 Å². The van der Waals surface area contributed by atoms with Crippen molar-refractivity contribution in [3.05, 3.63) is 59.2 Å². The molecule has 0 aliphatic carbocycles. The molecule has 2 unspecified atom stereocenters. The van der Waals surface area contributed by atoms with Crippen LogP contribution in [0.4, 0.5) is 26.3 Å². The summed E-state index contributed by atoms with van der Waals surface area (Å²) in [5.74, 6) is -8.55. The first-order chi connectivity index (χ1) is 9.41. The Kier molecular flexibility index (Phi) is 4.66. The average molecular weight is 326 g/mol. The predicted octanol–water partition coefficient (Wildman–Crippen LogP) is 3.74. The molecule has 0 aromatic heterocycles. The summed E-state index contributed by atoms with van der Waals surface area (Å²) in [6.07, 6.45) is 0. The Hall–Kier alpha value is -1.12. The number of rotatable bonds is 3. The van der Waals surface area contributed by atoms with Crippen molar-refractivity contribution in [2.24, 2.45) is 0 Å². The zero-order valence-corrected chi connectivity index (χ0v) is 11.6. The van der Waals surface area contributed by atoms with Gasteiger partial charge >= 0.3 is 0 Å². The second kappa shape index (κ2) is 6.11. The number of hydrogen-bond donors (Lipinski definition) is 0. The highest BCUT2D eigenvalue weighted by molar-refractivity contribution is 8.18. The van der Waals surface area contributed by atoms with Crippen LogP contribution >= 0.6 is 16.5 Å². The number of halogens is 6. The zero-order chi connectivity index (χ0) is 14.9. The first-order valence-electron chi connectivity index (χ1n) is 5.21. The van der Waals surface area contributed by atoms with Crippen LogP contribution in [0.1, 0.15) is 0 Å². The van der Waals surface area contributed by atoms with Crippen molar-refractivity contribution in [2.75, 3.05) is 0 Å². The zero-order valence-electron chi connectivity index (χ0n) is 9.58. The van der Waals surface area contributed by atoms with E-state index in [2.05, 4.69) is 0 Å². The average Bonchev–Trinajstić information content (AvgIpc) is 2.43. The predicted molar refractivity (Wildman–Crippen MR) is 68.5 cm³/mol. The molecule has 0 heterocycles. The molecule has 2 aromatic carbocycles. The molecular formula is C12H6F6P2. The van der Waals surface area contributed by atoms with E-state index in [4.69, 9.17) is 0 Å². The topological polar surface area (TPSA) is 0 Å². The molecule has 0 nitrogen and oxygen atoms in total. The van der Waals surface area contributed by atoms with Crippen molar-refractivity contribution in [1.82, 2.24) is 0 Å². The number of hydrogen-bond acceptors (Lipinski definition) is 0. The molecule has 0 radical (unpaired) electrons. The van der Waals surface area contributed by atoms with Gasteiger partial charge in [0, 0.05) is 10.6 Å². The fraction of sp³-hybridized carbons (Fsp3) is 0. The lowest BCUT2D eigenvalue weighted by molar-refractivity contribution is 0.451. The van der Waals surface area contributed by atoms with Gasteiger partial charge in [0.05, 0.1) is 0 Å². The summed E-state index contributed by atoms with van der Waals surface area (Å²) in [6, 6.07) is 3.59. The Labute approximate surface area is 113 Å². The molecule has 20 heavy (non-hydrogen) atoms. The summed E-state index contributed by atoms with van der Waals surface area (Å²) in [5, 5.41) is -0.266. The monoisotopic (exact) mass is 326 g/mol. The largest absolute Gasteiger partial charge is 0.204 e. The molecule has 106 valence electrons. The minimum atomic E-state index is -1.61. The lowest BCUT2D eigenvalue weighted by Gasteiger charge is -2.07. The molecule has 8 heteroatoms. The molecule has 0 aliphatic rings. The molecule has 2 aromatic rings. The SMILES string of the molecule is Fc1ccc(PPc2ccc(F)c(F)c2F)c(F)c1F.